The lowest BCUT2D eigenvalue weighted by Crippen LogP contribution is -2.22. The normalized spacial score (nSPS) is 17.1. The fraction of sp³-hybridized carbons (Fsp3) is 0.0909. The molecule has 1 fully saturated rings. The highest BCUT2D eigenvalue weighted by Gasteiger charge is 2.29. The van der Waals surface area contributed by atoms with Crippen LogP contribution in [0.3, 0.4) is 0 Å². The number of nitro benzene ring substituents is 1. The molecule has 6 nitrogen and oxygen atoms in total. The molecular weight excluding hydrogens is 368 g/mol. The SMILES string of the molecule is CN1C(=O)/C(=C/c2cc(Br)cc([N+](=O)[O-])c2O)SC1=S. The first-order valence-electron chi connectivity index (χ1n) is 5.19. The molecule has 1 aromatic rings. The first-order valence-corrected chi connectivity index (χ1v) is 7.21. The predicted molar refractivity (Wildman–Crippen MR) is 83.4 cm³/mol. The van der Waals surface area contributed by atoms with Gasteiger partial charge in [-0.1, -0.05) is 39.9 Å². The molecule has 0 spiro atoms. The van der Waals surface area contributed by atoms with E-state index < -0.39 is 16.4 Å². The number of aromatic hydroxyl groups is 1. The van der Waals surface area contributed by atoms with Crippen molar-refractivity contribution in [2.24, 2.45) is 0 Å². The van der Waals surface area contributed by atoms with Gasteiger partial charge in [-0.15, -0.1) is 0 Å². The molecule has 1 saturated heterocycles. The van der Waals surface area contributed by atoms with Crippen molar-refractivity contribution in [1.29, 1.82) is 0 Å². The van der Waals surface area contributed by atoms with Gasteiger partial charge in [-0.3, -0.25) is 19.8 Å². The largest absolute Gasteiger partial charge is 0.502 e. The van der Waals surface area contributed by atoms with E-state index in [4.69, 9.17) is 12.2 Å². The summed E-state index contributed by atoms with van der Waals surface area (Å²) in [4.78, 5) is 23.6. The Bertz CT molecular complexity index is 675. The number of rotatable bonds is 2. The molecule has 0 atom stereocenters. The molecular formula is C11H7BrN2O4S2. The maximum absolute atomic E-state index is 11.9. The van der Waals surface area contributed by atoms with Crippen LogP contribution in [0.15, 0.2) is 21.5 Å². The highest BCUT2D eigenvalue weighted by Crippen LogP contribution is 2.38. The quantitative estimate of drug-likeness (QED) is 0.370. The van der Waals surface area contributed by atoms with Gasteiger partial charge < -0.3 is 5.11 Å². The van der Waals surface area contributed by atoms with E-state index in [9.17, 15) is 20.0 Å². The molecule has 2 rings (SSSR count). The monoisotopic (exact) mass is 374 g/mol. The lowest BCUT2D eigenvalue weighted by Gasteiger charge is -2.04. The van der Waals surface area contributed by atoms with Crippen molar-refractivity contribution in [2.75, 3.05) is 7.05 Å². The molecule has 0 unspecified atom stereocenters. The second-order valence-corrected chi connectivity index (χ2v) is 6.45. The summed E-state index contributed by atoms with van der Waals surface area (Å²) < 4.78 is 0.825. The molecule has 0 bridgehead atoms. The molecule has 104 valence electrons. The van der Waals surface area contributed by atoms with Gasteiger partial charge in [0.2, 0.25) is 5.75 Å². The third kappa shape index (κ3) is 2.69. The molecule has 0 radical (unpaired) electrons. The van der Waals surface area contributed by atoms with Crippen LogP contribution in [0.4, 0.5) is 5.69 Å². The van der Waals surface area contributed by atoms with Gasteiger partial charge in [0.05, 0.1) is 9.83 Å². The van der Waals surface area contributed by atoms with Crippen molar-refractivity contribution in [3.05, 3.63) is 37.2 Å². The second kappa shape index (κ2) is 5.51. The maximum atomic E-state index is 11.9. The van der Waals surface area contributed by atoms with Crippen molar-refractivity contribution >= 4 is 61.9 Å². The van der Waals surface area contributed by atoms with Gasteiger partial charge in [-0.2, -0.15) is 0 Å². The van der Waals surface area contributed by atoms with Crippen LogP contribution >= 0.6 is 39.9 Å². The zero-order valence-electron chi connectivity index (χ0n) is 9.99. The summed E-state index contributed by atoms with van der Waals surface area (Å²) in [6.07, 6.45) is 1.38. The number of carbonyl (C=O) groups is 1. The first-order chi connectivity index (χ1) is 9.31. The van der Waals surface area contributed by atoms with Crippen LogP contribution in [-0.2, 0) is 4.79 Å². The Labute approximate surface area is 131 Å². The molecule has 1 aromatic carbocycles. The summed E-state index contributed by atoms with van der Waals surface area (Å²) in [6.45, 7) is 0. The maximum Gasteiger partial charge on any atom is 0.312 e. The van der Waals surface area contributed by atoms with Crippen molar-refractivity contribution in [3.63, 3.8) is 0 Å². The molecule has 1 amide bonds. The third-order valence-corrected chi connectivity index (χ3v) is 4.50. The minimum absolute atomic E-state index is 0.181. The topological polar surface area (TPSA) is 83.7 Å². The summed E-state index contributed by atoms with van der Waals surface area (Å²) in [5.74, 6) is -0.790. The second-order valence-electron chi connectivity index (χ2n) is 3.86. The summed E-state index contributed by atoms with van der Waals surface area (Å²) in [5, 5.41) is 20.7. The van der Waals surface area contributed by atoms with E-state index in [0.29, 0.717) is 13.7 Å². The van der Waals surface area contributed by atoms with E-state index in [1.807, 2.05) is 0 Å². The Morgan fingerprint density at radius 3 is 2.70 bits per heavy atom. The van der Waals surface area contributed by atoms with Gasteiger partial charge in [0.25, 0.3) is 5.91 Å². The van der Waals surface area contributed by atoms with E-state index in [2.05, 4.69) is 15.9 Å². The Morgan fingerprint density at radius 1 is 1.55 bits per heavy atom. The van der Waals surface area contributed by atoms with E-state index in [0.717, 1.165) is 11.8 Å². The predicted octanol–water partition coefficient (Wildman–Crippen LogP) is 2.89. The molecule has 0 aliphatic carbocycles. The zero-order valence-corrected chi connectivity index (χ0v) is 13.2. The van der Waals surface area contributed by atoms with Gasteiger partial charge in [-0.25, -0.2) is 0 Å². The van der Waals surface area contributed by atoms with Crippen LogP contribution in [0.1, 0.15) is 5.56 Å². The highest BCUT2D eigenvalue weighted by atomic mass is 79.9. The van der Waals surface area contributed by atoms with Crippen molar-refractivity contribution in [2.45, 2.75) is 0 Å². The molecule has 1 aliphatic rings. The molecule has 9 heteroatoms. The lowest BCUT2D eigenvalue weighted by atomic mass is 10.1. The number of phenols is 1. The number of likely N-dealkylation sites (N-methyl/N-ethyl adjacent to an activating group) is 1. The minimum atomic E-state index is -0.692. The average Bonchev–Trinajstić information content (AvgIpc) is 2.61. The Kier molecular flexibility index (Phi) is 4.11. The number of thioether (sulfide) groups is 1. The molecule has 0 aromatic heterocycles. The number of carbonyl (C=O) groups excluding carboxylic acids is 1. The van der Waals surface area contributed by atoms with E-state index in [1.165, 1.54) is 23.1 Å². The fourth-order valence-corrected chi connectivity index (χ4v) is 3.18. The Morgan fingerprint density at radius 2 is 2.20 bits per heavy atom. The number of amides is 1. The molecule has 20 heavy (non-hydrogen) atoms. The summed E-state index contributed by atoms with van der Waals surface area (Å²) in [5.41, 5.74) is -0.252. The number of thiocarbonyl (C=S) groups is 1. The van der Waals surface area contributed by atoms with Crippen LogP contribution in [0.25, 0.3) is 6.08 Å². The standard InChI is InChI=1S/C11H7BrN2O4S2/c1-13-10(16)8(20-11(13)19)3-5-2-6(12)4-7(9(5)15)14(17)18/h2-4,15H,1H3/b8-3-. The number of nitro groups is 1. The number of phenolic OH excluding ortho intramolecular Hbond substituents is 1. The van der Waals surface area contributed by atoms with E-state index >= 15 is 0 Å². The van der Waals surface area contributed by atoms with Crippen LogP contribution in [0.5, 0.6) is 5.75 Å². The summed E-state index contributed by atoms with van der Waals surface area (Å²) >= 11 is 9.19. The third-order valence-electron chi connectivity index (χ3n) is 2.55. The summed E-state index contributed by atoms with van der Waals surface area (Å²) in [6, 6.07) is 2.68. The first kappa shape index (κ1) is 14.9. The van der Waals surface area contributed by atoms with E-state index in [1.54, 1.807) is 7.05 Å². The number of nitrogens with zero attached hydrogens (tertiary/aromatic N) is 2. The minimum Gasteiger partial charge on any atom is -0.502 e. The van der Waals surface area contributed by atoms with Crippen LogP contribution in [0.2, 0.25) is 0 Å². The van der Waals surface area contributed by atoms with Gasteiger partial charge >= 0.3 is 5.69 Å². The number of hydrogen-bond acceptors (Lipinski definition) is 6. The molecule has 1 aliphatic heterocycles. The summed E-state index contributed by atoms with van der Waals surface area (Å²) in [7, 11) is 1.54. The Balaban J connectivity index is 2.52. The van der Waals surface area contributed by atoms with Crippen molar-refractivity contribution in [3.8, 4) is 5.75 Å². The average molecular weight is 375 g/mol. The van der Waals surface area contributed by atoms with Gasteiger partial charge in [0.1, 0.15) is 4.32 Å². The van der Waals surface area contributed by atoms with Crippen LogP contribution in [0, 0.1) is 10.1 Å². The van der Waals surface area contributed by atoms with E-state index in [-0.39, 0.29) is 11.5 Å². The zero-order chi connectivity index (χ0) is 15.0. The Hall–Kier alpha value is -1.45. The number of hydrogen-bond donors (Lipinski definition) is 1. The van der Waals surface area contributed by atoms with Crippen LogP contribution in [-0.4, -0.2) is 32.2 Å². The van der Waals surface area contributed by atoms with Gasteiger partial charge in [-0.05, 0) is 12.1 Å². The number of benzene rings is 1. The lowest BCUT2D eigenvalue weighted by molar-refractivity contribution is -0.385. The van der Waals surface area contributed by atoms with Gasteiger partial charge in [0, 0.05) is 23.2 Å². The molecule has 1 heterocycles. The van der Waals surface area contributed by atoms with Crippen molar-refractivity contribution < 1.29 is 14.8 Å². The molecule has 0 saturated carbocycles. The van der Waals surface area contributed by atoms with Crippen molar-refractivity contribution in [1.82, 2.24) is 4.90 Å². The van der Waals surface area contributed by atoms with Crippen LogP contribution < -0.4 is 0 Å². The van der Waals surface area contributed by atoms with Gasteiger partial charge in [0.15, 0.2) is 0 Å². The highest BCUT2D eigenvalue weighted by molar-refractivity contribution is 9.10. The smallest absolute Gasteiger partial charge is 0.312 e. The molecule has 1 N–H and O–H groups in total. The fourth-order valence-electron chi connectivity index (χ4n) is 1.54. The number of halogens is 1.